The van der Waals surface area contributed by atoms with Gasteiger partial charge in [-0.15, -0.1) is 0 Å². The molecule has 0 unspecified atom stereocenters. The second-order valence-electron chi connectivity index (χ2n) is 4.55. The van der Waals surface area contributed by atoms with Gasteiger partial charge in [0.2, 0.25) is 0 Å². The van der Waals surface area contributed by atoms with Gasteiger partial charge in [-0.25, -0.2) is 0 Å². The molecule has 2 aromatic rings. The van der Waals surface area contributed by atoms with Gasteiger partial charge in [0.15, 0.2) is 0 Å². The van der Waals surface area contributed by atoms with Crippen molar-refractivity contribution in [2.45, 2.75) is 6.92 Å². The van der Waals surface area contributed by atoms with Crippen LogP contribution in [-0.2, 0) is 0 Å². The molecule has 110 valence electrons. The van der Waals surface area contributed by atoms with Crippen molar-refractivity contribution in [3.8, 4) is 11.5 Å². The minimum atomic E-state index is -1.46. The number of benzene rings is 2. The first kappa shape index (κ1) is 15.7. The van der Waals surface area contributed by atoms with Crippen LogP contribution in [0.25, 0.3) is 0 Å². The van der Waals surface area contributed by atoms with E-state index in [1.54, 1.807) is 30.3 Å². The molecule has 2 aromatic carbocycles. The van der Waals surface area contributed by atoms with Gasteiger partial charge in [-0.2, -0.15) is 0 Å². The molecular formula is C15H16BClO4. The first-order valence-electron chi connectivity index (χ1n) is 6.54. The third-order valence-electron chi connectivity index (χ3n) is 2.92. The van der Waals surface area contributed by atoms with Gasteiger partial charge in [0.1, 0.15) is 24.7 Å². The summed E-state index contributed by atoms with van der Waals surface area (Å²) in [6.07, 6.45) is 0. The maximum atomic E-state index is 8.99. The van der Waals surface area contributed by atoms with E-state index < -0.39 is 7.12 Å². The van der Waals surface area contributed by atoms with E-state index in [0.717, 1.165) is 11.3 Å². The lowest BCUT2D eigenvalue weighted by Gasteiger charge is -2.11. The SMILES string of the molecule is Cc1cc(Cl)ccc1OCCOc1ccc(B(O)O)cc1. The normalized spacial score (nSPS) is 10.3. The van der Waals surface area contributed by atoms with Crippen molar-refractivity contribution in [1.29, 1.82) is 0 Å². The Balaban J connectivity index is 1.79. The third kappa shape index (κ3) is 4.67. The van der Waals surface area contributed by atoms with Crippen LogP contribution < -0.4 is 14.9 Å². The fraction of sp³-hybridized carbons (Fsp3) is 0.200. The van der Waals surface area contributed by atoms with Crippen molar-refractivity contribution >= 4 is 24.2 Å². The zero-order chi connectivity index (χ0) is 15.2. The summed E-state index contributed by atoms with van der Waals surface area (Å²) in [7, 11) is -1.46. The Morgan fingerprint density at radius 1 is 1.00 bits per heavy atom. The number of hydrogen-bond donors (Lipinski definition) is 2. The molecule has 21 heavy (non-hydrogen) atoms. The second kappa shape index (κ2) is 7.36. The topological polar surface area (TPSA) is 58.9 Å². The highest BCUT2D eigenvalue weighted by Crippen LogP contribution is 2.21. The molecule has 6 heteroatoms. The maximum absolute atomic E-state index is 8.99. The highest BCUT2D eigenvalue weighted by Gasteiger charge is 2.09. The Morgan fingerprint density at radius 2 is 1.67 bits per heavy atom. The van der Waals surface area contributed by atoms with Gasteiger partial charge >= 0.3 is 7.12 Å². The van der Waals surface area contributed by atoms with Crippen LogP contribution >= 0.6 is 11.6 Å². The van der Waals surface area contributed by atoms with Crippen molar-refractivity contribution in [3.05, 3.63) is 53.1 Å². The summed E-state index contributed by atoms with van der Waals surface area (Å²) in [5, 5.41) is 18.7. The Bertz CT molecular complexity index is 587. The molecule has 0 atom stereocenters. The molecule has 0 saturated heterocycles. The molecule has 0 radical (unpaired) electrons. The van der Waals surface area contributed by atoms with Crippen LogP contribution in [0.3, 0.4) is 0 Å². The molecule has 2 N–H and O–H groups in total. The lowest BCUT2D eigenvalue weighted by molar-refractivity contribution is 0.216. The summed E-state index contributed by atoms with van der Waals surface area (Å²) >= 11 is 5.88. The average Bonchev–Trinajstić information content (AvgIpc) is 2.46. The van der Waals surface area contributed by atoms with Gasteiger partial charge in [0.25, 0.3) is 0 Å². The molecule has 0 aliphatic rings. The quantitative estimate of drug-likeness (QED) is 0.631. The predicted octanol–water partition coefficient (Wildman–Crippen LogP) is 1.79. The van der Waals surface area contributed by atoms with E-state index >= 15 is 0 Å². The zero-order valence-corrected chi connectivity index (χ0v) is 12.4. The molecule has 0 aliphatic carbocycles. The van der Waals surface area contributed by atoms with E-state index in [2.05, 4.69) is 0 Å². The van der Waals surface area contributed by atoms with Gasteiger partial charge in [-0.3, -0.25) is 0 Å². The molecule has 4 nitrogen and oxygen atoms in total. The van der Waals surface area contributed by atoms with Gasteiger partial charge < -0.3 is 19.5 Å². The van der Waals surface area contributed by atoms with Gasteiger partial charge in [0.05, 0.1) is 0 Å². The first-order chi connectivity index (χ1) is 10.1. The van der Waals surface area contributed by atoms with E-state index in [1.807, 2.05) is 19.1 Å². The minimum Gasteiger partial charge on any atom is -0.490 e. The van der Waals surface area contributed by atoms with Crippen molar-refractivity contribution in [1.82, 2.24) is 0 Å². The van der Waals surface area contributed by atoms with E-state index in [1.165, 1.54) is 0 Å². The van der Waals surface area contributed by atoms with Gasteiger partial charge in [0, 0.05) is 5.02 Å². The van der Waals surface area contributed by atoms with Gasteiger partial charge in [-0.05, 0) is 48.3 Å². The van der Waals surface area contributed by atoms with Crippen LogP contribution in [0.4, 0.5) is 0 Å². The zero-order valence-electron chi connectivity index (χ0n) is 11.6. The maximum Gasteiger partial charge on any atom is 0.488 e. The van der Waals surface area contributed by atoms with Crippen molar-refractivity contribution < 1.29 is 19.5 Å². The number of aryl methyl sites for hydroxylation is 1. The molecule has 0 saturated carbocycles. The van der Waals surface area contributed by atoms with Crippen LogP contribution in [0.15, 0.2) is 42.5 Å². The Kier molecular flexibility index (Phi) is 5.50. The minimum absolute atomic E-state index is 0.392. The molecule has 0 amide bonds. The van der Waals surface area contributed by atoms with E-state index in [-0.39, 0.29) is 0 Å². The fourth-order valence-electron chi connectivity index (χ4n) is 1.82. The lowest BCUT2D eigenvalue weighted by Crippen LogP contribution is -2.29. The summed E-state index contributed by atoms with van der Waals surface area (Å²) in [4.78, 5) is 0. The summed E-state index contributed by atoms with van der Waals surface area (Å²) in [5.74, 6) is 1.43. The highest BCUT2D eigenvalue weighted by molar-refractivity contribution is 6.58. The second-order valence-corrected chi connectivity index (χ2v) is 4.99. The van der Waals surface area contributed by atoms with Crippen LogP contribution in [0.5, 0.6) is 11.5 Å². The van der Waals surface area contributed by atoms with Crippen LogP contribution in [0, 0.1) is 6.92 Å². The van der Waals surface area contributed by atoms with Crippen molar-refractivity contribution in [3.63, 3.8) is 0 Å². The van der Waals surface area contributed by atoms with E-state index in [0.29, 0.717) is 29.4 Å². The molecule has 2 rings (SSSR count). The Morgan fingerprint density at radius 3 is 2.29 bits per heavy atom. The van der Waals surface area contributed by atoms with Crippen LogP contribution in [-0.4, -0.2) is 30.4 Å². The number of rotatable bonds is 6. The standard InChI is InChI=1S/C15H16BClO4/c1-11-10-13(17)4-7-15(11)21-9-8-20-14-5-2-12(3-6-14)16(18)19/h2-7,10,18-19H,8-9H2,1H3. The predicted molar refractivity (Wildman–Crippen MR) is 83.4 cm³/mol. The molecule has 0 aliphatic heterocycles. The van der Waals surface area contributed by atoms with E-state index in [4.69, 9.17) is 31.1 Å². The third-order valence-corrected chi connectivity index (χ3v) is 3.16. The van der Waals surface area contributed by atoms with Gasteiger partial charge in [-0.1, -0.05) is 23.7 Å². The summed E-state index contributed by atoms with van der Waals surface area (Å²) < 4.78 is 11.1. The average molecular weight is 307 g/mol. The molecule has 0 spiro atoms. The summed E-state index contributed by atoms with van der Waals surface area (Å²) in [5.41, 5.74) is 1.40. The smallest absolute Gasteiger partial charge is 0.488 e. The first-order valence-corrected chi connectivity index (χ1v) is 6.92. The molecule has 0 fully saturated rings. The molecule has 0 aromatic heterocycles. The number of halogens is 1. The summed E-state index contributed by atoms with van der Waals surface area (Å²) in [6, 6.07) is 12.0. The Labute approximate surface area is 129 Å². The largest absolute Gasteiger partial charge is 0.490 e. The number of ether oxygens (including phenoxy) is 2. The van der Waals surface area contributed by atoms with Crippen LogP contribution in [0.2, 0.25) is 5.02 Å². The fourth-order valence-corrected chi connectivity index (χ4v) is 2.05. The molecule has 0 heterocycles. The highest BCUT2D eigenvalue weighted by atomic mass is 35.5. The van der Waals surface area contributed by atoms with Crippen LogP contribution in [0.1, 0.15) is 5.56 Å². The monoisotopic (exact) mass is 306 g/mol. The summed E-state index contributed by atoms with van der Waals surface area (Å²) in [6.45, 7) is 2.73. The lowest BCUT2D eigenvalue weighted by atomic mass is 9.80. The van der Waals surface area contributed by atoms with Crippen molar-refractivity contribution in [2.24, 2.45) is 0 Å². The molecule has 0 bridgehead atoms. The molecular weight excluding hydrogens is 290 g/mol. The van der Waals surface area contributed by atoms with Crippen molar-refractivity contribution in [2.75, 3.05) is 13.2 Å². The van der Waals surface area contributed by atoms with E-state index in [9.17, 15) is 0 Å². The Hall–Kier alpha value is -1.69. The number of hydrogen-bond acceptors (Lipinski definition) is 4.